The van der Waals surface area contributed by atoms with Gasteiger partial charge in [-0.25, -0.2) is 0 Å². The molecule has 0 aliphatic heterocycles. The summed E-state index contributed by atoms with van der Waals surface area (Å²) < 4.78 is 0. The molecule has 0 aliphatic rings. The maximum Gasteiger partial charge on any atom is 1.00 e. The Morgan fingerprint density at radius 1 is 0.846 bits per heavy atom. The predicted molar refractivity (Wildman–Crippen MR) is 40.7 cm³/mol. The molecule has 13 heavy (non-hydrogen) atoms. The van der Waals surface area contributed by atoms with Crippen molar-refractivity contribution >= 4 is 0 Å². The second kappa shape index (κ2) is 19.9. The minimum atomic E-state index is 0. The van der Waals surface area contributed by atoms with Gasteiger partial charge in [0.15, 0.2) is 0 Å². The standard InChI is InChI=1S/C6H15NO3.K.Na.H2O.H/c8-4-1-7(2-5-9)3-6-10;;;;/h8-10H,1-6H2;;;1H2;/q;2*+1;;-1/p-1. The van der Waals surface area contributed by atoms with Crippen LogP contribution >= 0.6 is 0 Å². The minimum absolute atomic E-state index is 0. The van der Waals surface area contributed by atoms with Gasteiger partial charge in [0, 0.05) is 19.6 Å². The fraction of sp³-hybridized carbons (Fsp3) is 1.00. The fourth-order valence-electron chi connectivity index (χ4n) is 0.760. The van der Waals surface area contributed by atoms with Gasteiger partial charge >= 0.3 is 80.9 Å². The fourth-order valence-corrected chi connectivity index (χ4v) is 0.760. The molecule has 0 aromatic rings. The van der Waals surface area contributed by atoms with Crippen LogP contribution in [0.3, 0.4) is 0 Å². The first kappa shape index (κ1) is 24.6. The van der Waals surface area contributed by atoms with Crippen molar-refractivity contribution in [2.75, 3.05) is 39.5 Å². The molecule has 0 saturated carbocycles. The van der Waals surface area contributed by atoms with Crippen LogP contribution < -0.4 is 80.9 Å². The van der Waals surface area contributed by atoms with Crippen molar-refractivity contribution in [2.24, 2.45) is 0 Å². The molecule has 4 N–H and O–H groups in total. The van der Waals surface area contributed by atoms with Gasteiger partial charge in [0.1, 0.15) is 0 Å². The summed E-state index contributed by atoms with van der Waals surface area (Å²) in [6, 6.07) is 0. The van der Waals surface area contributed by atoms with E-state index in [-0.39, 0.29) is 108 Å². The van der Waals surface area contributed by atoms with Gasteiger partial charge in [-0.05, 0) is 0 Å². The number of hydrogen-bond donors (Lipinski definition) is 3. The zero-order valence-corrected chi connectivity index (χ0v) is 13.6. The van der Waals surface area contributed by atoms with E-state index >= 15 is 0 Å². The maximum absolute atomic E-state index is 8.48. The van der Waals surface area contributed by atoms with Crippen molar-refractivity contribution in [1.29, 1.82) is 0 Å². The number of rotatable bonds is 6. The smallest absolute Gasteiger partial charge is 1.00 e. The van der Waals surface area contributed by atoms with Crippen molar-refractivity contribution in [3.8, 4) is 0 Å². The van der Waals surface area contributed by atoms with Crippen LogP contribution in [0.1, 0.15) is 1.43 Å². The second-order valence-corrected chi connectivity index (χ2v) is 2.01. The van der Waals surface area contributed by atoms with Crippen LogP contribution in [0.2, 0.25) is 0 Å². The molecule has 0 saturated heterocycles. The Hall–Kier alpha value is 2.44. The van der Waals surface area contributed by atoms with Crippen LogP contribution in [-0.2, 0) is 0 Å². The van der Waals surface area contributed by atoms with Gasteiger partial charge in [-0.15, -0.1) is 0 Å². The zero-order chi connectivity index (χ0) is 7.82. The van der Waals surface area contributed by atoms with E-state index in [0.717, 1.165) is 0 Å². The molecule has 0 atom stereocenters. The zero-order valence-electron chi connectivity index (χ0n) is 9.48. The number of nitrogens with zero attached hydrogens (tertiary/aromatic N) is 1. The molecular formula is C6H17KNNaO4. The molecule has 7 heteroatoms. The molecule has 0 fully saturated rings. The van der Waals surface area contributed by atoms with E-state index in [4.69, 9.17) is 15.3 Å². The molecule has 0 radical (unpaired) electrons. The molecule has 0 bridgehead atoms. The molecule has 0 spiro atoms. The molecule has 72 valence electrons. The molecule has 0 aromatic heterocycles. The third kappa shape index (κ3) is 17.1. The Labute approximate surface area is 145 Å². The molecule has 0 aromatic carbocycles. The first-order chi connectivity index (χ1) is 4.85. The number of aliphatic hydroxyl groups is 3. The molecular weight excluding hydrogens is 212 g/mol. The average Bonchev–Trinajstić information content (AvgIpc) is 1.90. The molecule has 0 rings (SSSR count). The third-order valence-electron chi connectivity index (χ3n) is 1.25. The van der Waals surface area contributed by atoms with Crippen LogP contribution in [0.5, 0.6) is 0 Å². The van der Waals surface area contributed by atoms with E-state index in [2.05, 4.69) is 0 Å². The van der Waals surface area contributed by atoms with Crippen LogP contribution in [0.15, 0.2) is 0 Å². The largest absolute Gasteiger partial charge is 1.00 e. The van der Waals surface area contributed by atoms with Gasteiger partial charge in [0.2, 0.25) is 0 Å². The Kier molecular flexibility index (Phi) is 37.7. The van der Waals surface area contributed by atoms with Crippen molar-refractivity contribution in [1.82, 2.24) is 4.90 Å². The van der Waals surface area contributed by atoms with Crippen LogP contribution in [0.25, 0.3) is 0 Å². The van der Waals surface area contributed by atoms with Crippen LogP contribution in [-0.4, -0.2) is 65.2 Å². The van der Waals surface area contributed by atoms with Gasteiger partial charge < -0.3 is 22.2 Å². The van der Waals surface area contributed by atoms with E-state index in [1.54, 1.807) is 4.90 Å². The monoisotopic (exact) mass is 229 g/mol. The van der Waals surface area contributed by atoms with Crippen molar-refractivity contribution in [3.05, 3.63) is 0 Å². The number of hydrogen-bond acceptors (Lipinski definition) is 5. The van der Waals surface area contributed by atoms with Crippen LogP contribution in [0.4, 0.5) is 0 Å². The van der Waals surface area contributed by atoms with Gasteiger partial charge in [-0.3, -0.25) is 4.90 Å². The maximum atomic E-state index is 8.48. The Bertz CT molecular complexity index is 72.6. The van der Waals surface area contributed by atoms with Gasteiger partial charge in [-0.1, -0.05) is 0 Å². The van der Waals surface area contributed by atoms with Gasteiger partial charge in [-0.2, -0.15) is 0 Å². The molecule has 0 heterocycles. The predicted octanol–water partition coefficient (Wildman–Crippen LogP) is -7.79. The number of aliphatic hydroxyl groups excluding tert-OH is 3. The normalized spacial score (nSPS) is 8.31. The van der Waals surface area contributed by atoms with E-state index in [0.29, 0.717) is 19.6 Å². The van der Waals surface area contributed by atoms with E-state index in [1.165, 1.54) is 0 Å². The molecule has 5 nitrogen and oxygen atoms in total. The van der Waals surface area contributed by atoms with Crippen molar-refractivity contribution < 1.29 is 103 Å². The topological polar surface area (TPSA) is 93.9 Å². The first-order valence-corrected chi connectivity index (χ1v) is 3.40. The van der Waals surface area contributed by atoms with Crippen molar-refractivity contribution in [2.45, 2.75) is 0 Å². The first-order valence-electron chi connectivity index (χ1n) is 3.40. The summed E-state index contributed by atoms with van der Waals surface area (Å²) >= 11 is 0. The Balaban J connectivity index is -0.0000000675. The van der Waals surface area contributed by atoms with E-state index in [9.17, 15) is 0 Å². The van der Waals surface area contributed by atoms with Gasteiger partial charge in [0.05, 0.1) is 19.8 Å². The third-order valence-corrected chi connectivity index (χ3v) is 1.25. The summed E-state index contributed by atoms with van der Waals surface area (Å²) in [6.45, 7) is 1.75. The summed E-state index contributed by atoms with van der Waals surface area (Å²) in [6.07, 6.45) is 0. The SMILES string of the molecule is OCCN(CCO)CCO.[H-].[K+].[Na+].[OH-]. The molecule has 0 unspecified atom stereocenters. The van der Waals surface area contributed by atoms with Crippen LogP contribution in [0, 0.1) is 0 Å². The summed E-state index contributed by atoms with van der Waals surface area (Å²) in [5.74, 6) is 0. The molecule has 0 amide bonds. The van der Waals surface area contributed by atoms with Crippen molar-refractivity contribution in [3.63, 3.8) is 0 Å². The second-order valence-electron chi connectivity index (χ2n) is 2.01. The summed E-state index contributed by atoms with van der Waals surface area (Å²) in [5, 5.41) is 25.5. The summed E-state index contributed by atoms with van der Waals surface area (Å²) in [4.78, 5) is 1.79. The van der Waals surface area contributed by atoms with E-state index in [1.807, 2.05) is 0 Å². The Morgan fingerprint density at radius 3 is 1.23 bits per heavy atom. The average molecular weight is 229 g/mol. The Morgan fingerprint density at radius 2 is 1.08 bits per heavy atom. The quantitative estimate of drug-likeness (QED) is 0.393. The minimum Gasteiger partial charge on any atom is -1.00 e. The summed E-state index contributed by atoms with van der Waals surface area (Å²) in [5.41, 5.74) is 0. The molecule has 0 aliphatic carbocycles. The van der Waals surface area contributed by atoms with E-state index < -0.39 is 0 Å². The van der Waals surface area contributed by atoms with Gasteiger partial charge in [0.25, 0.3) is 0 Å². The summed E-state index contributed by atoms with van der Waals surface area (Å²) in [7, 11) is 0.